The number of hydrogen-bond acceptors (Lipinski definition) is 5. The van der Waals surface area contributed by atoms with Crippen LogP contribution in [0.25, 0.3) is 5.65 Å². The van der Waals surface area contributed by atoms with Crippen LogP contribution in [0.4, 0.5) is 5.82 Å². The lowest BCUT2D eigenvalue weighted by Crippen LogP contribution is -2.33. The summed E-state index contributed by atoms with van der Waals surface area (Å²) in [6.45, 7) is 0. The van der Waals surface area contributed by atoms with E-state index in [9.17, 15) is 13.2 Å². The number of rotatable bonds is 3. The van der Waals surface area contributed by atoms with E-state index in [-0.39, 0.29) is 17.5 Å². The van der Waals surface area contributed by atoms with Crippen molar-refractivity contribution in [2.45, 2.75) is 12.5 Å². The fraction of sp³-hybridized carbons (Fsp3) is 0.385. The Hall–Kier alpha value is -1.89. The van der Waals surface area contributed by atoms with Crippen LogP contribution in [0.5, 0.6) is 0 Å². The SMILES string of the molecule is CN(c1nc2ccccn2c1C=O)C1CCS(=O)(=O)C1. The fourth-order valence-electron chi connectivity index (χ4n) is 2.63. The summed E-state index contributed by atoms with van der Waals surface area (Å²) in [7, 11) is -1.17. The summed E-state index contributed by atoms with van der Waals surface area (Å²) in [6, 6.07) is 5.37. The van der Waals surface area contributed by atoms with Crippen molar-refractivity contribution in [2.24, 2.45) is 0 Å². The van der Waals surface area contributed by atoms with E-state index in [0.717, 1.165) is 6.29 Å². The first-order chi connectivity index (χ1) is 9.52. The lowest BCUT2D eigenvalue weighted by atomic mass is 10.2. The molecule has 1 atom stereocenters. The van der Waals surface area contributed by atoms with Crippen molar-refractivity contribution in [1.82, 2.24) is 9.38 Å². The molecule has 6 nitrogen and oxygen atoms in total. The molecule has 20 heavy (non-hydrogen) atoms. The molecule has 0 aromatic carbocycles. The van der Waals surface area contributed by atoms with Gasteiger partial charge in [0.15, 0.2) is 21.9 Å². The van der Waals surface area contributed by atoms with E-state index in [1.807, 2.05) is 18.2 Å². The van der Waals surface area contributed by atoms with Crippen LogP contribution < -0.4 is 4.90 Å². The number of imidazole rings is 1. The van der Waals surface area contributed by atoms with Crippen LogP contribution in [0.1, 0.15) is 16.9 Å². The second-order valence-electron chi connectivity index (χ2n) is 5.04. The molecule has 1 fully saturated rings. The van der Waals surface area contributed by atoms with Gasteiger partial charge in [0.05, 0.1) is 11.5 Å². The first kappa shape index (κ1) is 13.1. The Balaban J connectivity index is 2.03. The second-order valence-corrected chi connectivity index (χ2v) is 7.26. The van der Waals surface area contributed by atoms with E-state index in [1.165, 1.54) is 0 Å². The third-order valence-corrected chi connectivity index (χ3v) is 5.50. The predicted octanol–water partition coefficient (Wildman–Crippen LogP) is 0.770. The Kier molecular flexibility index (Phi) is 3.01. The number of pyridine rings is 1. The van der Waals surface area contributed by atoms with Crippen molar-refractivity contribution in [3.8, 4) is 0 Å². The molecule has 7 heteroatoms. The number of aromatic nitrogens is 2. The van der Waals surface area contributed by atoms with Crippen LogP contribution >= 0.6 is 0 Å². The molecule has 106 valence electrons. The summed E-state index contributed by atoms with van der Waals surface area (Å²) in [5.41, 5.74) is 1.13. The third kappa shape index (κ3) is 2.07. The maximum Gasteiger partial charge on any atom is 0.170 e. The first-order valence-corrected chi connectivity index (χ1v) is 8.19. The van der Waals surface area contributed by atoms with Gasteiger partial charge in [-0.3, -0.25) is 9.20 Å². The van der Waals surface area contributed by atoms with Crippen molar-refractivity contribution >= 4 is 27.6 Å². The molecular weight excluding hydrogens is 278 g/mol. The fourth-order valence-corrected chi connectivity index (χ4v) is 4.40. The lowest BCUT2D eigenvalue weighted by Gasteiger charge is -2.23. The van der Waals surface area contributed by atoms with Crippen molar-refractivity contribution in [2.75, 3.05) is 23.5 Å². The van der Waals surface area contributed by atoms with E-state index in [2.05, 4.69) is 4.98 Å². The summed E-state index contributed by atoms with van der Waals surface area (Å²) < 4.78 is 24.9. The van der Waals surface area contributed by atoms with E-state index in [4.69, 9.17) is 0 Å². The van der Waals surface area contributed by atoms with Gasteiger partial charge in [-0.1, -0.05) is 6.07 Å². The van der Waals surface area contributed by atoms with E-state index < -0.39 is 9.84 Å². The molecule has 0 bridgehead atoms. The minimum absolute atomic E-state index is 0.121. The van der Waals surface area contributed by atoms with Gasteiger partial charge in [-0.05, 0) is 18.6 Å². The predicted molar refractivity (Wildman–Crippen MR) is 76.0 cm³/mol. The Morgan fingerprint density at radius 1 is 1.45 bits per heavy atom. The first-order valence-electron chi connectivity index (χ1n) is 6.37. The minimum atomic E-state index is -2.96. The highest BCUT2D eigenvalue weighted by Crippen LogP contribution is 2.25. The zero-order chi connectivity index (χ0) is 14.3. The van der Waals surface area contributed by atoms with Gasteiger partial charge in [0, 0.05) is 19.3 Å². The molecule has 2 aromatic heterocycles. The van der Waals surface area contributed by atoms with Crippen LogP contribution in [0.2, 0.25) is 0 Å². The number of fused-ring (bicyclic) bond motifs is 1. The molecule has 0 spiro atoms. The van der Waals surface area contributed by atoms with Gasteiger partial charge in [-0.2, -0.15) is 0 Å². The molecule has 0 aliphatic carbocycles. The molecule has 1 aliphatic rings. The van der Waals surface area contributed by atoms with Crippen LogP contribution in [0.3, 0.4) is 0 Å². The van der Waals surface area contributed by atoms with Gasteiger partial charge in [-0.15, -0.1) is 0 Å². The molecule has 1 unspecified atom stereocenters. The average Bonchev–Trinajstić information content (AvgIpc) is 2.97. The Morgan fingerprint density at radius 2 is 2.25 bits per heavy atom. The van der Waals surface area contributed by atoms with Crippen LogP contribution in [-0.4, -0.2) is 48.7 Å². The maximum atomic E-state index is 11.6. The molecule has 0 radical (unpaired) electrons. The standard InChI is InChI=1S/C13H15N3O3S/c1-15(10-5-7-20(18,19)9-10)13-11(8-17)16-6-3-2-4-12(16)14-13/h2-4,6,8,10H,5,7,9H2,1H3. The number of carbonyl (C=O) groups is 1. The number of nitrogens with zero attached hydrogens (tertiary/aromatic N) is 3. The number of aldehydes is 1. The topological polar surface area (TPSA) is 71.8 Å². The highest BCUT2D eigenvalue weighted by atomic mass is 32.2. The molecule has 1 saturated heterocycles. The number of sulfone groups is 1. The molecule has 1 aliphatic heterocycles. The van der Waals surface area contributed by atoms with Gasteiger partial charge in [0.2, 0.25) is 0 Å². The summed E-state index contributed by atoms with van der Waals surface area (Å²) in [4.78, 5) is 17.6. The van der Waals surface area contributed by atoms with Crippen molar-refractivity contribution in [1.29, 1.82) is 0 Å². The molecule has 3 rings (SSSR count). The van der Waals surface area contributed by atoms with Crippen LogP contribution in [0.15, 0.2) is 24.4 Å². The monoisotopic (exact) mass is 293 g/mol. The van der Waals surface area contributed by atoms with Gasteiger partial charge < -0.3 is 4.90 Å². The van der Waals surface area contributed by atoms with Crippen LogP contribution in [-0.2, 0) is 9.84 Å². The third-order valence-electron chi connectivity index (χ3n) is 3.75. The van der Waals surface area contributed by atoms with Gasteiger partial charge >= 0.3 is 0 Å². The lowest BCUT2D eigenvalue weighted by molar-refractivity contribution is 0.111. The van der Waals surface area contributed by atoms with Crippen molar-refractivity contribution in [3.63, 3.8) is 0 Å². The van der Waals surface area contributed by atoms with Gasteiger partial charge in [-0.25, -0.2) is 13.4 Å². The zero-order valence-electron chi connectivity index (χ0n) is 11.1. The molecule has 0 N–H and O–H groups in total. The molecule has 0 amide bonds. The minimum Gasteiger partial charge on any atom is -0.354 e. The average molecular weight is 293 g/mol. The normalized spacial score (nSPS) is 21.1. The van der Waals surface area contributed by atoms with E-state index in [1.54, 1.807) is 22.5 Å². The highest BCUT2D eigenvalue weighted by molar-refractivity contribution is 7.91. The highest BCUT2D eigenvalue weighted by Gasteiger charge is 2.32. The summed E-state index contributed by atoms with van der Waals surface area (Å²) in [5, 5.41) is 0. The Morgan fingerprint density at radius 3 is 2.90 bits per heavy atom. The summed E-state index contributed by atoms with van der Waals surface area (Å²) in [6.07, 6.45) is 3.11. The molecule has 0 saturated carbocycles. The summed E-state index contributed by atoms with van der Waals surface area (Å²) >= 11 is 0. The Bertz CT molecular complexity index is 766. The number of anilines is 1. The van der Waals surface area contributed by atoms with Crippen molar-refractivity contribution in [3.05, 3.63) is 30.1 Å². The van der Waals surface area contributed by atoms with E-state index in [0.29, 0.717) is 23.6 Å². The maximum absolute atomic E-state index is 11.6. The second kappa shape index (κ2) is 4.59. The van der Waals surface area contributed by atoms with E-state index >= 15 is 0 Å². The summed E-state index contributed by atoms with van der Waals surface area (Å²) in [5.74, 6) is 0.856. The number of hydrogen-bond donors (Lipinski definition) is 0. The van der Waals surface area contributed by atoms with Crippen LogP contribution in [0, 0.1) is 0 Å². The number of carbonyl (C=O) groups excluding carboxylic acids is 1. The zero-order valence-corrected chi connectivity index (χ0v) is 11.9. The van der Waals surface area contributed by atoms with Gasteiger partial charge in [0.25, 0.3) is 0 Å². The molecular formula is C13H15N3O3S. The molecule has 3 heterocycles. The quantitative estimate of drug-likeness (QED) is 0.782. The molecule has 2 aromatic rings. The largest absolute Gasteiger partial charge is 0.354 e. The Labute approximate surface area is 116 Å². The van der Waals surface area contributed by atoms with Gasteiger partial charge in [0.1, 0.15) is 11.3 Å². The van der Waals surface area contributed by atoms with Crippen molar-refractivity contribution < 1.29 is 13.2 Å². The smallest absolute Gasteiger partial charge is 0.170 e.